The van der Waals surface area contributed by atoms with E-state index in [4.69, 9.17) is 14.8 Å². The third kappa shape index (κ3) is 4.08. The van der Waals surface area contributed by atoms with Crippen molar-refractivity contribution in [3.8, 4) is 11.1 Å². The van der Waals surface area contributed by atoms with Crippen LogP contribution in [0.25, 0.3) is 21.3 Å². The van der Waals surface area contributed by atoms with Gasteiger partial charge in [-0.15, -0.1) is 11.3 Å². The first kappa shape index (κ1) is 17.8. The molecule has 0 bridgehead atoms. The van der Waals surface area contributed by atoms with Crippen LogP contribution in [0, 0.1) is 0 Å². The average Bonchev–Trinajstić information content (AvgIpc) is 3.12. The number of anilines is 1. The molecule has 3 aromatic rings. The second-order valence-electron chi connectivity index (χ2n) is 6.32. The summed E-state index contributed by atoms with van der Waals surface area (Å²) in [7, 11) is 0. The summed E-state index contributed by atoms with van der Waals surface area (Å²) in [5.74, 6) is 0.345. The van der Waals surface area contributed by atoms with E-state index < -0.39 is 5.97 Å². The van der Waals surface area contributed by atoms with Crippen molar-refractivity contribution in [3.63, 3.8) is 0 Å². The van der Waals surface area contributed by atoms with Crippen molar-refractivity contribution >= 4 is 33.3 Å². The van der Waals surface area contributed by atoms with Crippen LogP contribution in [0.3, 0.4) is 0 Å². The number of thiophene rings is 1. The van der Waals surface area contributed by atoms with Crippen molar-refractivity contribution in [3.05, 3.63) is 41.5 Å². The number of benzene rings is 1. The summed E-state index contributed by atoms with van der Waals surface area (Å²) in [4.78, 5) is 23.6. The van der Waals surface area contributed by atoms with Gasteiger partial charge in [0.2, 0.25) is 0 Å². The Morgan fingerprint density at radius 3 is 2.74 bits per heavy atom. The van der Waals surface area contributed by atoms with Crippen LogP contribution in [0.4, 0.5) is 5.82 Å². The molecule has 7 nitrogen and oxygen atoms in total. The van der Waals surface area contributed by atoms with Gasteiger partial charge < -0.3 is 15.2 Å². The largest absolute Gasteiger partial charge is 0.480 e. The minimum atomic E-state index is -0.923. The molecule has 0 radical (unpaired) electrons. The van der Waals surface area contributed by atoms with Gasteiger partial charge in [0, 0.05) is 24.0 Å². The Labute approximate surface area is 160 Å². The molecule has 0 aliphatic carbocycles. The number of aromatic nitrogens is 2. The molecule has 0 saturated carbocycles. The zero-order chi connectivity index (χ0) is 18.6. The first-order chi connectivity index (χ1) is 13.2. The van der Waals surface area contributed by atoms with Gasteiger partial charge in [-0.2, -0.15) is 0 Å². The van der Waals surface area contributed by atoms with E-state index in [1.54, 1.807) is 11.3 Å². The Bertz CT molecular complexity index is 939. The number of carboxylic acids is 1. The quantitative estimate of drug-likeness (QED) is 0.675. The first-order valence-corrected chi connectivity index (χ1v) is 9.68. The highest BCUT2D eigenvalue weighted by Gasteiger charge is 2.18. The van der Waals surface area contributed by atoms with E-state index >= 15 is 0 Å². The summed E-state index contributed by atoms with van der Waals surface area (Å²) >= 11 is 1.55. The Morgan fingerprint density at radius 2 is 2.00 bits per heavy atom. The molecule has 8 heteroatoms. The number of morpholine rings is 1. The lowest BCUT2D eigenvalue weighted by atomic mass is 10.1. The lowest BCUT2D eigenvalue weighted by Gasteiger charge is -2.25. The molecule has 1 aliphatic rings. The molecule has 0 spiro atoms. The topological polar surface area (TPSA) is 87.6 Å². The van der Waals surface area contributed by atoms with Gasteiger partial charge >= 0.3 is 5.97 Å². The number of aliphatic carboxylic acids is 1. The van der Waals surface area contributed by atoms with Gasteiger partial charge in [0.25, 0.3) is 0 Å². The summed E-state index contributed by atoms with van der Waals surface area (Å²) in [6, 6.07) is 10.0. The van der Waals surface area contributed by atoms with Crippen LogP contribution in [-0.4, -0.2) is 58.8 Å². The van der Waals surface area contributed by atoms with E-state index in [9.17, 15) is 4.79 Å². The van der Waals surface area contributed by atoms with Crippen LogP contribution in [-0.2, 0) is 16.1 Å². The van der Waals surface area contributed by atoms with Crippen LogP contribution < -0.4 is 5.32 Å². The zero-order valence-corrected chi connectivity index (χ0v) is 15.5. The van der Waals surface area contributed by atoms with Crippen molar-refractivity contribution in [1.82, 2.24) is 14.9 Å². The van der Waals surface area contributed by atoms with Crippen LogP contribution in [0.5, 0.6) is 0 Å². The molecule has 0 unspecified atom stereocenters. The number of nitrogens with one attached hydrogen (secondary N) is 1. The molecule has 27 heavy (non-hydrogen) atoms. The van der Waals surface area contributed by atoms with E-state index in [2.05, 4.69) is 20.6 Å². The fourth-order valence-corrected chi connectivity index (χ4v) is 4.10. The molecular weight excluding hydrogens is 364 g/mol. The minimum Gasteiger partial charge on any atom is -0.480 e. The van der Waals surface area contributed by atoms with Crippen LogP contribution in [0.2, 0.25) is 0 Å². The molecule has 1 saturated heterocycles. The van der Waals surface area contributed by atoms with E-state index in [1.807, 2.05) is 30.3 Å². The average molecular weight is 384 g/mol. The van der Waals surface area contributed by atoms with Gasteiger partial charge in [-0.1, -0.05) is 30.3 Å². The Balaban J connectivity index is 1.73. The summed E-state index contributed by atoms with van der Waals surface area (Å²) in [5, 5.41) is 15.0. The lowest BCUT2D eigenvalue weighted by molar-refractivity contribution is -0.134. The summed E-state index contributed by atoms with van der Waals surface area (Å²) < 4.78 is 5.39. The van der Waals surface area contributed by atoms with Crippen molar-refractivity contribution in [2.45, 2.75) is 6.54 Å². The Hall–Kier alpha value is -2.55. The molecule has 0 atom stereocenters. The van der Waals surface area contributed by atoms with Crippen molar-refractivity contribution in [2.75, 3.05) is 38.2 Å². The number of carbonyl (C=O) groups is 1. The van der Waals surface area contributed by atoms with Gasteiger partial charge in [0.15, 0.2) is 0 Å². The van der Waals surface area contributed by atoms with Crippen molar-refractivity contribution in [1.29, 1.82) is 0 Å². The number of nitrogens with zero attached hydrogens (tertiary/aromatic N) is 3. The highest BCUT2D eigenvalue weighted by molar-refractivity contribution is 7.17. The molecule has 140 valence electrons. The SMILES string of the molecule is O=C(O)CNc1nc(CN2CCOCC2)nc2scc(-c3ccccc3)c12. The third-order valence-corrected chi connectivity index (χ3v) is 5.31. The fourth-order valence-electron chi connectivity index (χ4n) is 3.13. The monoisotopic (exact) mass is 384 g/mol. The van der Waals surface area contributed by atoms with Crippen molar-refractivity contribution < 1.29 is 14.6 Å². The maximum atomic E-state index is 11.1. The van der Waals surface area contributed by atoms with Crippen LogP contribution in [0.15, 0.2) is 35.7 Å². The molecule has 3 heterocycles. The molecule has 2 aromatic heterocycles. The van der Waals surface area contributed by atoms with Gasteiger partial charge in [0.05, 0.1) is 25.1 Å². The number of fused-ring (bicyclic) bond motifs is 1. The van der Waals surface area contributed by atoms with Gasteiger partial charge in [-0.25, -0.2) is 9.97 Å². The smallest absolute Gasteiger partial charge is 0.322 e. The van der Waals surface area contributed by atoms with Gasteiger partial charge in [0.1, 0.15) is 23.0 Å². The second-order valence-corrected chi connectivity index (χ2v) is 7.18. The molecule has 4 rings (SSSR count). The highest BCUT2D eigenvalue weighted by atomic mass is 32.1. The normalized spacial score (nSPS) is 15.1. The zero-order valence-electron chi connectivity index (χ0n) is 14.7. The van der Waals surface area contributed by atoms with Gasteiger partial charge in [-0.3, -0.25) is 9.69 Å². The molecule has 0 amide bonds. The number of carboxylic acid groups (broad SMARTS) is 1. The lowest BCUT2D eigenvalue weighted by Crippen LogP contribution is -2.36. The first-order valence-electron chi connectivity index (χ1n) is 8.80. The summed E-state index contributed by atoms with van der Waals surface area (Å²) in [5.41, 5.74) is 2.08. The van der Waals surface area contributed by atoms with Gasteiger partial charge in [-0.05, 0) is 5.56 Å². The number of hydrogen-bond acceptors (Lipinski definition) is 7. The highest BCUT2D eigenvalue weighted by Crippen LogP contribution is 2.37. The Morgan fingerprint density at radius 1 is 1.22 bits per heavy atom. The molecule has 1 fully saturated rings. The number of ether oxygens (including phenoxy) is 1. The predicted octanol–water partition coefficient (Wildman–Crippen LogP) is 2.69. The maximum absolute atomic E-state index is 11.1. The fraction of sp³-hybridized carbons (Fsp3) is 0.316. The molecule has 1 aromatic carbocycles. The number of rotatable bonds is 6. The predicted molar refractivity (Wildman–Crippen MR) is 105 cm³/mol. The van der Waals surface area contributed by atoms with E-state index in [1.165, 1.54) is 0 Å². The third-order valence-electron chi connectivity index (χ3n) is 4.44. The van der Waals surface area contributed by atoms with E-state index in [0.717, 1.165) is 34.4 Å². The Kier molecular flexibility index (Phi) is 5.28. The minimum absolute atomic E-state index is 0.187. The molecule has 2 N–H and O–H groups in total. The van der Waals surface area contributed by atoms with E-state index in [0.29, 0.717) is 31.4 Å². The maximum Gasteiger partial charge on any atom is 0.322 e. The van der Waals surface area contributed by atoms with Crippen LogP contribution >= 0.6 is 11.3 Å². The van der Waals surface area contributed by atoms with E-state index in [-0.39, 0.29) is 6.54 Å². The second kappa shape index (κ2) is 7.99. The number of hydrogen-bond donors (Lipinski definition) is 2. The summed E-state index contributed by atoms with van der Waals surface area (Å²) in [6.45, 7) is 3.55. The molecular formula is C19H20N4O3S. The van der Waals surface area contributed by atoms with Crippen molar-refractivity contribution in [2.24, 2.45) is 0 Å². The summed E-state index contributed by atoms with van der Waals surface area (Å²) in [6.07, 6.45) is 0. The standard InChI is InChI=1S/C19H20N4O3S/c24-16(25)10-20-18-17-14(13-4-2-1-3-5-13)12-27-19(17)22-15(21-18)11-23-6-8-26-9-7-23/h1-5,12H,6-11H2,(H,24,25)(H,20,21,22). The van der Waals surface area contributed by atoms with Crippen LogP contribution in [0.1, 0.15) is 5.82 Å². The molecule has 1 aliphatic heterocycles.